The van der Waals surface area contributed by atoms with Crippen molar-refractivity contribution in [1.29, 1.82) is 0 Å². The van der Waals surface area contributed by atoms with Crippen LogP contribution in [0.25, 0.3) is 0 Å². The minimum absolute atomic E-state index is 0.123. The van der Waals surface area contributed by atoms with Gasteiger partial charge in [-0.15, -0.1) is 0 Å². The fourth-order valence-corrected chi connectivity index (χ4v) is 4.41. The van der Waals surface area contributed by atoms with Crippen molar-refractivity contribution in [2.75, 3.05) is 13.3 Å². The number of nitrogens with one attached hydrogen (secondary N) is 1. The molecule has 0 heterocycles. The van der Waals surface area contributed by atoms with Crippen molar-refractivity contribution in [1.82, 2.24) is 5.32 Å². The molecule has 4 heteroatoms. The molecule has 1 fully saturated rings. The summed E-state index contributed by atoms with van der Waals surface area (Å²) in [4.78, 5) is 0. The zero-order chi connectivity index (χ0) is 15.6. The Bertz CT molecular complexity index is 397. The van der Waals surface area contributed by atoms with Gasteiger partial charge in [0.05, 0.1) is 5.25 Å². The van der Waals surface area contributed by atoms with Gasteiger partial charge in [-0.3, -0.25) is 0 Å². The van der Waals surface area contributed by atoms with Gasteiger partial charge in [-0.1, -0.05) is 34.1 Å². The molecule has 1 N–H and O–H groups in total. The number of hydrogen-bond acceptors (Lipinski definition) is 3. The maximum Gasteiger partial charge on any atom is 0.150 e. The van der Waals surface area contributed by atoms with Crippen LogP contribution in [-0.4, -0.2) is 33.0 Å². The van der Waals surface area contributed by atoms with Crippen LogP contribution >= 0.6 is 0 Å². The number of sulfone groups is 1. The second kappa shape index (κ2) is 6.78. The number of rotatable bonds is 5. The highest BCUT2D eigenvalue weighted by Gasteiger charge is 2.34. The first-order chi connectivity index (χ1) is 9.05. The van der Waals surface area contributed by atoms with Crippen LogP contribution in [0.1, 0.15) is 59.8 Å². The highest BCUT2D eigenvalue weighted by Crippen LogP contribution is 2.36. The molecule has 1 saturated carbocycles. The fourth-order valence-electron chi connectivity index (χ4n) is 3.22. The average Bonchev–Trinajstić information content (AvgIpc) is 2.33. The van der Waals surface area contributed by atoms with Crippen molar-refractivity contribution in [3.05, 3.63) is 0 Å². The summed E-state index contributed by atoms with van der Waals surface area (Å²) in [6.45, 7) is 9.15. The summed E-state index contributed by atoms with van der Waals surface area (Å²) >= 11 is 0. The number of hydrogen-bond donors (Lipinski definition) is 1. The van der Waals surface area contributed by atoms with E-state index in [0.29, 0.717) is 23.3 Å². The Morgan fingerprint density at radius 2 is 1.85 bits per heavy atom. The van der Waals surface area contributed by atoms with Crippen LogP contribution < -0.4 is 5.32 Å². The third-order valence-electron chi connectivity index (χ3n) is 5.30. The van der Waals surface area contributed by atoms with Crippen LogP contribution in [0.3, 0.4) is 0 Å². The molecule has 4 unspecified atom stereocenters. The molecule has 3 nitrogen and oxygen atoms in total. The van der Waals surface area contributed by atoms with Gasteiger partial charge in [-0.25, -0.2) is 8.42 Å². The van der Waals surface area contributed by atoms with E-state index in [9.17, 15) is 8.42 Å². The molecule has 20 heavy (non-hydrogen) atoms. The summed E-state index contributed by atoms with van der Waals surface area (Å²) in [6.07, 6.45) is 6.41. The first-order valence-electron chi connectivity index (χ1n) is 7.91. The topological polar surface area (TPSA) is 46.2 Å². The van der Waals surface area contributed by atoms with Gasteiger partial charge in [0.15, 0.2) is 0 Å². The summed E-state index contributed by atoms with van der Waals surface area (Å²) in [7, 11) is -0.867. The molecule has 1 aliphatic carbocycles. The van der Waals surface area contributed by atoms with Gasteiger partial charge in [0.1, 0.15) is 9.84 Å². The second-order valence-corrected chi connectivity index (χ2v) is 10.1. The largest absolute Gasteiger partial charge is 0.317 e. The first-order valence-corrected chi connectivity index (χ1v) is 9.87. The van der Waals surface area contributed by atoms with Gasteiger partial charge >= 0.3 is 0 Å². The SMILES string of the molecule is CNC(CC(C)C(C)(C)C)C1CCCC(S(C)(=O)=O)C1. The molecule has 0 amide bonds. The van der Waals surface area contributed by atoms with E-state index in [1.54, 1.807) is 0 Å². The highest BCUT2D eigenvalue weighted by atomic mass is 32.2. The van der Waals surface area contributed by atoms with Gasteiger partial charge in [-0.05, 0) is 50.0 Å². The molecule has 0 bridgehead atoms. The average molecular weight is 304 g/mol. The second-order valence-electron chi connectivity index (χ2n) is 7.78. The highest BCUT2D eigenvalue weighted by molar-refractivity contribution is 7.91. The predicted octanol–water partition coefficient (Wildman–Crippen LogP) is 3.25. The lowest BCUT2D eigenvalue weighted by molar-refractivity contribution is 0.182. The van der Waals surface area contributed by atoms with Crippen LogP contribution in [0.2, 0.25) is 0 Å². The smallest absolute Gasteiger partial charge is 0.150 e. The lowest BCUT2D eigenvalue weighted by Crippen LogP contribution is -2.41. The lowest BCUT2D eigenvalue weighted by Gasteiger charge is -2.37. The molecule has 1 rings (SSSR count). The van der Waals surface area contributed by atoms with Crippen LogP contribution in [0.4, 0.5) is 0 Å². The molecule has 0 saturated heterocycles. The van der Waals surface area contributed by atoms with E-state index in [2.05, 4.69) is 33.0 Å². The van der Waals surface area contributed by atoms with Crippen molar-refractivity contribution in [3.8, 4) is 0 Å². The molecule has 0 aromatic heterocycles. The zero-order valence-corrected chi connectivity index (χ0v) is 14.9. The molecule has 1 aliphatic rings. The van der Waals surface area contributed by atoms with E-state index >= 15 is 0 Å². The normalized spacial score (nSPS) is 28.1. The molecule has 0 aromatic rings. The van der Waals surface area contributed by atoms with E-state index in [0.717, 1.165) is 32.1 Å². The van der Waals surface area contributed by atoms with Crippen LogP contribution in [0.15, 0.2) is 0 Å². The van der Waals surface area contributed by atoms with E-state index in [1.807, 2.05) is 7.05 Å². The van der Waals surface area contributed by atoms with Gasteiger partial charge in [0, 0.05) is 12.3 Å². The Morgan fingerprint density at radius 3 is 2.30 bits per heavy atom. The van der Waals surface area contributed by atoms with E-state index < -0.39 is 9.84 Å². The quantitative estimate of drug-likeness (QED) is 0.848. The Kier molecular flexibility index (Phi) is 6.09. The summed E-state index contributed by atoms with van der Waals surface area (Å²) in [6, 6.07) is 0.439. The van der Waals surface area contributed by atoms with Crippen molar-refractivity contribution < 1.29 is 8.42 Å². The summed E-state index contributed by atoms with van der Waals surface area (Å²) in [5, 5.41) is 3.33. The molecule has 0 aromatic carbocycles. The Morgan fingerprint density at radius 1 is 1.25 bits per heavy atom. The van der Waals surface area contributed by atoms with E-state index in [-0.39, 0.29) is 5.25 Å². The monoisotopic (exact) mass is 303 g/mol. The van der Waals surface area contributed by atoms with E-state index in [1.165, 1.54) is 6.26 Å². The van der Waals surface area contributed by atoms with Crippen LogP contribution in [-0.2, 0) is 9.84 Å². The summed E-state index contributed by atoms with van der Waals surface area (Å²) in [5.41, 5.74) is 0.306. The zero-order valence-electron chi connectivity index (χ0n) is 14.1. The Balaban J connectivity index is 2.70. The lowest BCUT2D eigenvalue weighted by atomic mass is 9.74. The predicted molar refractivity (Wildman–Crippen MR) is 86.7 cm³/mol. The molecule has 120 valence electrons. The molecule has 0 aliphatic heterocycles. The third kappa shape index (κ3) is 5.03. The fraction of sp³-hybridized carbons (Fsp3) is 1.00. The summed E-state index contributed by atoms with van der Waals surface area (Å²) in [5.74, 6) is 1.12. The van der Waals surface area contributed by atoms with Crippen LogP contribution in [0.5, 0.6) is 0 Å². The van der Waals surface area contributed by atoms with Crippen molar-refractivity contribution in [2.45, 2.75) is 71.1 Å². The standard InChI is InChI=1S/C16H33NO2S/c1-12(16(2,3)4)10-15(17-5)13-8-7-9-14(11-13)20(6,18)19/h12-15,17H,7-11H2,1-6H3. The van der Waals surface area contributed by atoms with Gasteiger partial charge in [0.25, 0.3) is 0 Å². The molecular weight excluding hydrogens is 270 g/mol. The molecule has 0 spiro atoms. The molecule has 4 atom stereocenters. The van der Waals surface area contributed by atoms with Crippen LogP contribution in [0, 0.1) is 17.3 Å². The van der Waals surface area contributed by atoms with Gasteiger partial charge in [0.2, 0.25) is 0 Å². The first kappa shape index (κ1) is 18.0. The van der Waals surface area contributed by atoms with E-state index in [4.69, 9.17) is 0 Å². The minimum Gasteiger partial charge on any atom is -0.317 e. The molecule has 0 radical (unpaired) electrons. The Hall–Kier alpha value is -0.0900. The Labute approximate surface area is 125 Å². The van der Waals surface area contributed by atoms with Gasteiger partial charge < -0.3 is 5.32 Å². The third-order valence-corrected chi connectivity index (χ3v) is 6.94. The summed E-state index contributed by atoms with van der Waals surface area (Å²) < 4.78 is 23.6. The maximum atomic E-state index is 11.8. The van der Waals surface area contributed by atoms with Crippen molar-refractivity contribution in [2.24, 2.45) is 17.3 Å². The van der Waals surface area contributed by atoms with Gasteiger partial charge in [-0.2, -0.15) is 0 Å². The van der Waals surface area contributed by atoms with Crippen molar-refractivity contribution >= 4 is 9.84 Å². The maximum absolute atomic E-state index is 11.8. The van der Waals surface area contributed by atoms with Crippen molar-refractivity contribution in [3.63, 3.8) is 0 Å². The molecular formula is C16H33NO2S. The minimum atomic E-state index is -2.89.